The van der Waals surface area contributed by atoms with Crippen LogP contribution in [0.25, 0.3) is 0 Å². The summed E-state index contributed by atoms with van der Waals surface area (Å²) in [4.78, 5) is 13.8. The quantitative estimate of drug-likeness (QED) is 0.629. The molecule has 1 aromatic rings. The van der Waals surface area contributed by atoms with E-state index in [1.807, 2.05) is 6.92 Å². The van der Waals surface area contributed by atoms with Gasteiger partial charge in [-0.2, -0.15) is 0 Å². The highest BCUT2D eigenvalue weighted by molar-refractivity contribution is 7.09. The summed E-state index contributed by atoms with van der Waals surface area (Å²) >= 11 is 1.69. The molecule has 124 valence electrons. The highest BCUT2D eigenvalue weighted by Crippen LogP contribution is 2.09. The molecule has 0 aromatic carbocycles. The molecule has 6 nitrogen and oxygen atoms in total. The minimum Gasteiger partial charge on any atom is -0.379 e. The Bertz CT molecular complexity index is 470. The minimum absolute atomic E-state index is 0.785. The van der Waals surface area contributed by atoms with Crippen LogP contribution >= 0.6 is 11.3 Å². The second kappa shape index (κ2) is 9.07. The second-order valence-corrected chi connectivity index (χ2v) is 6.47. The number of nitrogens with one attached hydrogen (secondary N) is 1. The Labute approximate surface area is 137 Å². The number of aromatic nitrogens is 1. The number of rotatable bonds is 6. The molecule has 1 fully saturated rings. The zero-order valence-corrected chi connectivity index (χ0v) is 14.7. The molecule has 7 heteroatoms. The van der Waals surface area contributed by atoms with Crippen molar-refractivity contribution in [2.24, 2.45) is 4.99 Å². The van der Waals surface area contributed by atoms with Gasteiger partial charge < -0.3 is 15.0 Å². The van der Waals surface area contributed by atoms with Crippen LogP contribution in [0.4, 0.5) is 0 Å². The van der Waals surface area contributed by atoms with Gasteiger partial charge in [0.2, 0.25) is 0 Å². The number of nitrogens with zero attached hydrogens (tertiary/aromatic N) is 4. The highest BCUT2D eigenvalue weighted by Gasteiger charge is 2.11. The molecule has 0 unspecified atom stereocenters. The van der Waals surface area contributed by atoms with Crippen molar-refractivity contribution in [2.75, 3.05) is 53.0 Å². The summed E-state index contributed by atoms with van der Waals surface area (Å²) in [5.41, 5.74) is 1.10. The van der Waals surface area contributed by atoms with E-state index in [1.54, 1.807) is 11.3 Å². The zero-order chi connectivity index (χ0) is 15.8. The third-order valence-corrected chi connectivity index (χ3v) is 4.37. The van der Waals surface area contributed by atoms with Crippen LogP contribution in [0.1, 0.15) is 17.6 Å². The average molecular weight is 325 g/mol. The van der Waals surface area contributed by atoms with Crippen molar-refractivity contribution in [3.8, 4) is 0 Å². The lowest BCUT2D eigenvalue weighted by atomic mass is 10.4. The molecule has 0 radical (unpaired) electrons. The Kier molecular flexibility index (Phi) is 7.08. The average Bonchev–Trinajstić information content (AvgIpc) is 2.92. The fourth-order valence-corrected chi connectivity index (χ4v) is 2.99. The summed E-state index contributed by atoms with van der Waals surface area (Å²) in [6, 6.07) is 0. The van der Waals surface area contributed by atoms with Crippen molar-refractivity contribution in [1.82, 2.24) is 20.1 Å². The van der Waals surface area contributed by atoms with Gasteiger partial charge in [0.15, 0.2) is 5.96 Å². The standard InChI is InChI=1S/C15H27N5OS/c1-4-16-15(17-5-6-20-7-9-21-10-8-20)19(3)11-14-12-22-13(2)18-14/h12H,4-11H2,1-3H3,(H,16,17). The van der Waals surface area contributed by atoms with Crippen LogP contribution < -0.4 is 5.32 Å². The molecule has 0 saturated carbocycles. The fourth-order valence-electron chi connectivity index (χ4n) is 2.39. The van der Waals surface area contributed by atoms with E-state index in [9.17, 15) is 0 Å². The third kappa shape index (κ3) is 5.55. The topological polar surface area (TPSA) is 53.0 Å². The van der Waals surface area contributed by atoms with Gasteiger partial charge in [0.1, 0.15) is 0 Å². The van der Waals surface area contributed by atoms with Crippen molar-refractivity contribution < 1.29 is 4.74 Å². The van der Waals surface area contributed by atoms with E-state index in [4.69, 9.17) is 9.73 Å². The Balaban J connectivity index is 1.85. The smallest absolute Gasteiger partial charge is 0.194 e. The number of hydrogen-bond donors (Lipinski definition) is 1. The summed E-state index contributed by atoms with van der Waals surface area (Å²) in [7, 11) is 2.06. The Morgan fingerprint density at radius 2 is 2.27 bits per heavy atom. The first-order valence-corrected chi connectivity index (χ1v) is 8.77. The van der Waals surface area contributed by atoms with Gasteiger partial charge in [-0.05, 0) is 13.8 Å². The first-order chi connectivity index (χ1) is 10.7. The molecule has 2 rings (SSSR count). The Morgan fingerprint density at radius 3 is 2.91 bits per heavy atom. The summed E-state index contributed by atoms with van der Waals surface area (Å²) in [5.74, 6) is 0.946. The molecule has 1 aromatic heterocycles. The number of thiazole rings is 1. The van der Waals surface area contributed by atoms with Gasteiger partial charge in [-0.25, -0.2) is 4.98 Å². The Morgan fingerprint density at radius 1 is 1.50 bits per heavy atom. The molecule has 0 atom stereocenters. The summed E-state index contributed by atoms with van der Waals surface area (Å²) in [6.07, 6.45) is 0. The fraction of sp³-hybridized carbons (Fsp3) is 0.733. The molecule has 0 bridgehead atoms. The van der Waals surface area contributed by atoms with Crippen LogP contribution in [-0.4, -0.2) is 73.7 Å². The monoisotopic (exact) mass is 325 g/mol. The second-order valence-electron chi connectivity index (χ2n) is 5.40. The van der Waals surface area contributed by atoms with Crippen molar-refractivity contribution in [3.63, 3.8) is 0 Å². The molecule has 0 spiro atoms. The lowest BCUT2D eigenvalue weighted by Gasteiger charge is -2.26. The van der Waals surface area contributed by atoms with Gasteiger partial charge in [0.25, 0.3) is 0 Å². The number of morpholine rings is 1. The maximum atomic E-state index is 5.37. The molecule has 1 aliphatic rings. The lowest BCUT2D eigenvalue weighted by Crippen LogP contribution is -2.40. The van der Waals surface area contributed by atoms with Crippen LogP contribution in [0.3, 0.4) is 0 Å². The van der Waals surface area contributed by atoms with E-state index in [-0.39, 0.29) is 0 Å². The van der Waals surface area contributed by atoms with Crippen LogP contribution in [0.15, 0.2) is 10.4 Å². The van der Waals surface area contributed by atoms with Gasteiger partial charge in [-0.1, -0.05) is 0 Å². The van der Waals surface area contributed by atoms with E-state index in [0.29, 0.717) is 0 Å². The van der Waals surface area contributed by atoms with Gasteiger partial charge in [-0.3, -0.25) is 9.89 Å². The summed E-state index contributed by atoms with van der Waals surface area (Å²) in [5, 5.41) is 6.58. The van der Waals surface area contributed by atoms with Crippen LogP contribution in [0.2, 0.25) is 0 Å². The molecule has 22 heavy (non-hydrogen) atoms. The van der Waals surface area contributed by atoms with Crippen molar-refractivity contribution in [2.45, 2.75) is 20.4 Å². The molecule has 0 amide bonds. The number of ether oxygens (including phenoxy) is 1. The zero-order valence-electron chi connectivity index (χ0n) is 13.8. The highest BCUT2D eigenvalue weighted by atomic mass is 32.1. The summed E-state index contributed by atoms with van der Waals surface area (Å²) in [6.45, 7) is 11.3. The lowest BCUT2D eigenvalue weighted by molar-refractivity contribution is 0.0394. The van der Waals surface area contributed by atoms with Crippen molar-refractivity contribution in [3.05, 3.63) is 16.1 Å². The maximum Gasteiger partial charge on any atom is 0.194 e. The summed E-state index contributed by atoms with van der Waals surface area (Å²) < 4.78 is 5.37. The predicted octanol–water partition coefficient (Wildman–Crippen LogP) is 1.18. The minimum atomic E-state index is 0.785. The number of guanidine groups is 1. The number of aliphatic imine (C=N–C) groups is 1. The Hall–Kier alpha value is -1.18. The SMILES string of the molecule is CCNC(=NCCN1CCOCC1)N(C)Cc1csc(C)n1. The normalized spacial score (nSPS) is 16.8. The molecular weight excluding hydrogens is 298 g/mol. The maximum absolute atomic E-state index is 5.37. The van der Waals surface area contributed by atoms with Gasteiger partial charge in [-0.15, -0.1) is 11.3 Å². The van der Waals surface area contributed by atoms with E-state index >= 15 is 0 Å². The van der Waals surface area contributed by atoms with Crippen LogP contribution in [-0.2, 0) is 11.3 Å². The molecule has 1 aliphatic heterocycles. The largest absolute Gasteiger partial charge is 0.379 e. The first kappa shape index (κ1) is 17.2. The van der Waals surface area contributed by atoms with E-state index in [0.717, 1.165) is 69.1 Å². The number of hydrogen-bond acceptors (Lipinski definition) is 5. The van der Waals surface area contributed by atoms with Crippen LogP contribution in [0.5, 0.6) is 0 Å². The molecule has 0 aliphatic carbocycles. The first-order valence-electron chi connectivity index (χ1n) is 7.89. The van der Waals surface area contributed by atoms with Crippen molar-refractivity contribution in [1.29, 1.82) is 0 Å². The third-order valence-electron chi connectivity index (χ3n) is 3.54. The van der Waals surface area contributed by atoms with E-state index in [1.165, 1.54) is 0 Å². The van der Waals surface area contributed by atoms with Gasteiger partial charge in [0, 0.05) is 38.6 Å². The molecule has 2 heterocycles. The van der Waals surface area contributed by atoms with Gasteiger partial charge >= 0.3 is 0 Å². The van der Waals surface area contributed by atoms with E-state index < -0.39 is 0 Å². The van der Waals surface area contributed by atoms with Crippen LogP contribution in [0, 0.1) is 6.92 Å². The number of aryl methyl sites for hydroxylation is 1. The van der Waals surface area contributed by atoms with E-state index in [2.05, 4.69) is 39.5 Å². The van der Waals surface area contributed by atoms with Crippen molar-refractivity contribution >= 4 is 17.3 Å². The molecular formula is C15H27N5OS. The molecule has 1 N–H and O–H groups in total. The predicted molar refractivity (Wildman–Crippen MR) is 91.6 cm³/mol. The molecule has 1 saturated heterocycles. The van der Waals surface area contributed by atoms with Gasteiger partial charge in [0.05, 0.1) is 37.0 Å².